The normalized spacial score (nSPS) is 26.2. The molecule has 2 aliphatic rings. The van der Waals surface area contributed by atoms with Crippen molar-refractivity contribution in [3.8, 4) is 0 Å². The van der Waals surface area contributed by atoms with E-state index < -0.39 is 0 Å². The number of hydrogen-bond donors (Lipinski definition) is 1. The predicted molar refractivity (Wildman–Crippen MR) is 66.0 cm³/mol. The van der Waals surface area contributed by atoms with E-state index in [2.05, 4.69) is 12.2 Å². The van der Waals surface area contributed by atoms with Gasteiger partial charge in [0.1, 0.15) is 0 Å². The molecule has 1 atom stereocenters. The van der Waals surface area contributed by atoms with E-state index in [9.17, 15) is 0 Å². The molecule has 1 nitrogen and oxygen atoms in total. The molecule has 0 heterocycles. The fraction of sp³-hybridized carbons (Fsp3) is 1.00. The van der Waals surface area contributed by atoms with Crippen LogP contribution >= 0.6 is 0 Å². The Kier molecular flexibility index (Phi) is 4.49. The van der Waals surface area contributed by atoms with Crippen molar-refractivity contribution in [1.29, 1.82) is 0 Å². The Hall–Kier alpha value is -0.0400. The van der Waals surface area contributed by atoms with Crippen molar-refractivity contribution in [2.45, 2.75) is 70.8 Å². The van der Waals surface area contributed by atoms with E-state index in [1.807, 2.05) is 0 Å². The van der Waals surface area contributed by atoms with Gasteiger partial charge in [-0.3, -0.25) is 0 Å². The van der Waals surface area contributed by atoms with Crippen LogP contribution in [-0.2, 0) is 0 Å². The third-order valence-electron chi connectivity index (χ3n) is 4.32. The number of hydrogen-bond acceptors (Lipinski definition) is 1. The third kappa shape index (κ3) is 4.14. The molecule has 0 amide bonds. The Morgan fingerprint density at radius 2 is 1.67 bits per heavy atom. The minimum atomic E-state index is 0.766. The van der Waals surface area contributed by atoms with Gasteiger partial charge in [0.2, 0.25) is 0 Å². The van der Waals surface area contributed by atoms with Crippen LogP contribution in [0.2, 0.25) is 0 Å². The van der Waals surface area contributed by atoms with Crippen LogP contribution in [0.1, 0.15) is 64.7 Å². The molecule has 15 heavy (non-hydrogen) atoms. The van der Waals surface area contributed by atoms with Crippen LogP contribution in [-0.4, -0.2) is 12.6 Å². The van der Waals surface area contributed by atoms with Crippen molar-refractivity contribution >= 4 is 0 Å². The van der Waals surface area contributed by atoms with Gasteiger partial charge < -0.3 is 5.32 Å². The first kappa shape index (κ1) is 11.4. The Morgan fingerprint density at radius 1 is 1.00 bits per heavy atom. The van der Waals surface area contributed by atoms with E-state index in [1.165, 1.54) is 64.3 Å². The molecule has 0 aromatic heterocycles. The molecule has 1 N–H and O–H groups in total. The highest BCUT2D eigenvalue weighted by molar-refractivity contribution is 4.78. The maximum absolute atomic E-state index is 3.75. The van der Waals surface area contributed by atoms with Crippen molar-refractivity contribution in [3.63, 3.8) is 0 Å². The van der Waals surface area contributed by atoms with Gasteiger partial charge in [0.15, 0.2) is 0 Å². The SMILES string of the molecule is C[C@H](NCCC1CC1)C1CCCCCC1. The second-order valence-electron chi connectivity index (χ2n) is 5.73. The highest BCUT2D eigenvalue weighted by Crippen LogP contribution is 2.32. The molecule has 0 aliphatic heterocycles. The summed E-state index contributed by atoms with van der Waals surface area (Å²) >= 11 is 0. The molecule has 2 aliphatic carbocycles. The summed E-state index contributed by atoms with van der Waals surface area (Å²) in [6.07, 6.45) is 13.3. The van der Waals surface area contributed by atoms with E-state index >= 15 is 0 Å². The monoisotopic (exact) mass is 209 g/mol. The van der Waals surface area contributed by atoms with Gasteiger partial charge in [-0.25, -0.2) is 0 Å². The fourth-order valence-corrected chi connectivity index (χ4v) is 2.90. The van der Waals surface area contributed by atoms with Crippen molar-refractivity contribution in [1.82, 2.24) is 5.32 Å². The Labute approximate surface area is 95.0 Å². The van der Waals surface area contributed by atoms with Crippen molar-refractivity contribution in [2.75, 3.05) is 6.54 Å². The summed E-state index contributed by atoms with van der Waals surface area (Å²) in [4.78, 5) is 0. The van der Waals surface area contributed by atoms with Gasteiger partial charge >= 0.3 is 0 Å². The van der Waals surface area contributed by atoms with Crippen LogP contribution in [0.15, 0.2) is 0 Å². The van der Waals surface area contributed by atoms with Crippen LogP contribution in [0.3, 0.4) is 0 Å². The smallest absolute Gasteiger partial charge is 0.00669 e. The molecule has 0 unspecified atom stereocenters. The number of nitrogens with one attached hydrogen (secondary N) is 1. The van der Waals surface area contributed by atoms with E-state index in [1.54, 1.807) is 0 Å². The Morgan fingerprint density at radius 3 is 2.27 bits per heavy atom. The maximum Gasteiger partial charge on any atom is 0.00669 e. The molecule has 0 saturated heterocycles. The lowest BCUT2D eigenvalue weighted by Gasteiger charge is -2.23. The van der Waals surface area contributed by atoms with Crippen LogP contribution in [0.4, 0.5) is 0 Å². The molecule has 0 spiro atoms. The van der Waals surface area contributed by atoms with Gasteiger partial charge in [-0.1, -0.05) is 38.5 Å². The van der Waals surface area contributed by atoms with Crippen LogP contribution < -0.4 is 5.32 Å². The first-order valence-corrected chi connectivity index (χ1v) is 7.09. The van der Waals surface area contributed by atoms with E-state index in [-0.39, 0.29) is 0 Å². The lowest BCUT2D eigenvalue weighted by atomic mass is 9.93. The fourth-order valence-electron chi connectivity index (χ4n) is 2.90. The lowest BCUT2D eigenvalue weighted by molar-refractivity contribution is 0.335. The maximum atomic E-state index is 3.75. The summed E-state index contributed by atoms with van der Waals surface area (Å²) in [5, 5.41) is 3.75. The molecule has 2 fully saturated rings. The highest BCUT2D eigenvalue weighted by Gasteiger charge is 2.22. The van der Waals surface area contributed by atoms with Crippen LogP contribution in [0.5, 0.6) is 0 Å². The topological polar surface area (TPSA) is 12.0 Å². The minimum absolute atomic E-state index is 0.766. The summed E-state index contributed by atoms with van der Waals surface area (Å²) in [6, 6.07) is 0.766. The average Bonchev–Trinajstić information content (AvgIpc) is 3.04. The van der Waals surface area contributed by atoms with Crippen molar-refractivity contribution < 1.29 is 0 Å². The van der Waals surface area contributed by atoms with Crippen LogP contribution in [0.25, 0.3) is 0 Å². The van der Waals surface area contributed by atoms with E-state index in [0.717, 1.165) is 17.9 Å². The van der Waals surface area contributed by atoms with Crippen LogP contribution in [0, 0.1) is 11.8 Å². The first-order chi connectivity index (χ1) is 7.36. The second kappa shape index (κ2) is 5.89. The molecule has 1 heteroatoms. The zero-order valence-corrected chi connectivity index (χ0v) is 10.3. The summed E-state index contributed by atoms with van der Waals surface area (Å²) in [6.45, 7) is 3.67. The summed E-state index contributed by atoms with van der Waals surface area (Å²) in [5.41, 5.74) is 0. The highest BCUT2D eigenvalue weighted by atomic mass is 14.9. The summed E-state index contributed by atoms with van der Waals surface area (Å²) in [7, 11) is 0. The lowest BCUT2D eigenvalue weighted by Crippen LogP contribution is -2.34. The molecular formula is C14H27N. The molecular weight excluding hydrogens is 182 g/mol. The van der Waals surface area contributed by atoms with Gasteiger partial charge in [0.25, 0.3) is 0 Å². The molecule has 0 aromatic rings. The Balaban J connectivity index is 1.61. The second-order valence-corrected chi connectivity index (χ2v) is 5.73. The predicted octanol–water partition coefficient (Wildman–Crippen LogP) is 3.74. The van der Waals surface area contributed by atoms with Crippen molar-refractivity contribution in [2.24, 2.45) is 11.8 Å². The number of rotatable bonds is 5. The standard InChI is InChI=1S/C14H27N/c1-12(15-11-10-13-8-9-13)14-6-4-2-3-5-7-14/h12-15H,2-11H2,1H3/t12-/m0/s1. The van der Waals surface area contributed by atoms with Gasteiger partial charge in [-0.2, -0.15) is 0 Å². The molecule has 2 rings (SSSR count). The zero-order valence-electron chi connectivity index (χ0n) is 10.3. The molecule has 88 valence electrons. The summed E-state index contributed by atoms with van der Waals surface area (Å²) in [5.74, 6) is 2.05. The molecule has 0 bridgehead atoms. The third-order valence-corrected chi connectivity index (χ3v) is 4.32. The molecule has 0 aromatic carbocycles. The summed E-state index contributed by atoms with van der Waals surface area (Å²) < 4.78 is 0. The largest absolute Gasteiger partial charge is 0.314 e. The van der Waals surface area contributed by atoms with Gasteiger partial charge in [0.05, 0.1) is 0 Å². The first-order valence-electron chi connectivity index (χ1n) is 7.09. The quantitative estimate of drug-likeness (QED) is 0.680. The van der Waals surface area contributed by atoms with Gasteiger partial charge in [-0.15, -0.1) is 0 Å². The Bertz CT molecular complexity index is 166. The van der Waals surface area contributed by atoms with Crippen molar-refractivity contribution in [3.05, 3.63) is 0 Å². The minimum Gasteiger partial charge on any atom is -0.314 e. The zero-order chi connectivity index (χ0) is 10.5. The average molecular weight is 209 g/mol. The van der Waals surface area contributed by atoms with E-state index in [0.29, 0.717) is 0 Å². The van der Waals surface area contributed by atoms with Gasteiger partial charge in [-0.05, 0) is 44.6 Å². The molecule has 2 saturated carbocycles. The molecule has 0 radical (unpaired) electrons. The van der Waals surface area contributed by atoms with Gasteiger partial charge in [0, 0.05) is 6.04 Å². The van der Waals surface area contributed by atoms with E-state index in [4.69, 9.17) is 0 Å².